The van der Waals surface area contributed by atoms with Crippen molar-refractivity contribution in [3.05, 3.63) is 0 Å². The van der Waals surface area contributed by atoms with E-state index in [4.69, 9.17) is 10.5 Å². The third-order valence-electron chi connectivity index (χ3n) is 2.44. The van der Waals surface area contributed by atoms with Crippen LogP contribution in [0.3, 0.4) is 0 Å². The van der Waals surface area contributed by atoms with Crippen molar-refractivity contribution >= 4 is 23.7 Å². The third kappa shape index (κ3) is 4.81. The van der Waals surface area contributed by atoms with Crippen LogP contribution in [0.4, 0.5) is 0 Å². The van der Waals surface area contributed by atoms with Crippen molar-refractivity contribution in [1.82, 2.24) is 15.5 Å². The number of rotatable bonds is 4. The van der Waals surface area contributed by atoms with Gasteiger partial charge in [-0.05, 0) is 13.8 Å². The van der Waals surface area contributed by atoms with Crippen molar-refractivity contribution < 1.29 is 19.5 Å². The highest BCUT2D eigenvalue weighted by Crippen LogP contribution is 1.95. The second kappa shape index (κ2) is 6.58. The van der Waals surface area contributed by atoms with Crippen LogP contribution in [0.5, 0.6) is 0 Å². The number of carbonyl (C=O) groups is 3. The number of carboxylic acids is 1. The molecule has 0 radical (unpaired) electrons. The first-order valence-electron chi connectivity index (χ1n) is 5.29. The number of nitrogens with zero attached hydrogens (tertiary/aromatic N) is 1. The van der Waals surface area contributed by atoms with Gasteiger partial charge in [-0.2, -0.15) is 0 Å². The van der Waals surface area contributed by atoms with Gasteiger partial charge in [-0.3, -0.25) is 25.1 Å². The summed E-state index contributed by atoms with van der Waals surface area (Å²) in [6.45, 7) is 4.17. The van der Waals surface area contributed by atoms with Gasteiger partial charge in [-0.15, -0.1) is 0 Å². The van der Waals surface area contributed by atoms with Crippen molar-refractivity contribution in [2.24, 2.45) is 0 Å². The standard InChI is InChI=1S/C10H18N4O4/c1-5(9(17)18)12-10(11)13-8(16)6(2)14(4)7(3)15/h5-6H,1-4H3,(H,17,18)(H3,11,12,13,16)/t5-,6-/m0/s1. The fraction of sp³-hybridized carbons (Fsp3) is 0.600. The Morgan fingerprint density at radius 1 is 1.28 bits per heavy atom. The third-order valence-corrected chi connectivity index (χ3v) is 2.44. The molecule has 4 N–H and O–H groups in total. The van der Waals surface area contributed by atoms with Crippen LogP contribution in [0, 0.1) is 5.41 Å². The highest BCUT2D eigenvalue weighted by Gasteiger charge is 2.21. The average Bonchev–Trinajstić information content (AvgIpc) is 2.26. The molecular weight excluding hydrogens is 240 g/mol. The van der Waals surface area contributed by atoms with Crippen molar-refractivity contribution in [3.63, 3.8) is 0 Å². The van der Waals surface area contributed by atoms with Crippen LogP contribution in [0.25, 0.3) is 0 Å². The Balaban J connectivity index is 4.36. The Bertz CT molecular complexity index is 369. The molecule has 8 heteroatoms. The number of aliphatic carboxylic acids is 1. The van der Waals surface area contributed by atoms with Crippen LogP contribution in [-0.4, -0.2) is 52.9 Å². The minimum absolute atomic E-state index is 0.281. The highest BCUT2D eigenvalue weighted by molar-refractivity contribution is 6.00. The molecular formula is C10H18N4O4. The number of hydrogen-bond acceptors (Lipinski definition) is 4. The zero-order chi connectivity index (χ0) is 14.5. The molecule has 2 amide bonds. The lowest BCUT2D eigenvalue weighted by Crippen LogP contribution is -2.52. The monoisotopic (exact) mass is 258 g/mol. The molecule has 102 valence electrons. The first-order chi connectivity index (χ1) is 8.16. The molecule has 0 aromatic carbocycles. The lowest BCUT2D eigenvalue weighted by Gasteiger charge is -2.23. The number of guanidine groups is 1. The molecule has 0 aliphatic carbocycles. The SMILES string of the molecule is CC(=O)N(C)[C@@H](C)C(=O)NC(=N)N[C@@H](C)C(=O)O. The summed E-state index contributed by atoms with van der Waals surface area (Å²) >= 11 is 0. The summed E-state index contributed by atoms with van der Waals surface area (Å²) in [5.74, 6) is -2.40. The molecule has 0 aliphatic rings. The van der Waals surface area contributed by atoms with E-state index in [-0.39, 0.29) is 5.91 Å². The Labute approximate surface area is 105 Å². The molecule has 0 unspecified atom stereocenters. The molecule has 0 bridgehead atoms. The molecule has 0 saturated heterocycles. The maximum atomic E-state index is 11.6. The summed E-state index contributed by atoms with van der Waals surface area (Å²) in [6, 6.07) is -1.73. The number of nitrogens with one attached hydrogen (secondary N) is 3. The highest BCUT2D eigenvalue weighted by atomic mass is 16.4. The van der Waals surface area contributed by atoms with E-state index in [1.54, 1.807) is 0 Å². The molecule has 0 saturated carbocycles. The van der Waals surface area contributed by atoms with Crippen LogP contribution < -0.4 is 10.6 Å². The van der Waals surface area contributed by atoms with Crippen molar-refractivity contribution in [3.8, 4) is 0 Å². The molecule has 0 rings (SSSR count). The van der Waals surface area contributed by atoms with Crippen molar-refractivity contribution in [2.75, 3.05) is 7.05 Å². The summed E-state index contributed by atoms with van der Waals surface area (Å²) in [7, 11) is 1.46. The molecule has 0 aromatic heterocycles. The molecule has 8 nitrogen and oxygen atoms in total. The van der Waals surface area contributed by atoms with Gasteiger partial charge in [-0.25, -0.2) is 0 Å². The predicted molar refractivity (Wildman–Crippen MR) is 64.0 cm³/mol. The van der Waals surface area contributed by atoms with Crippen molar-refractivity contribution in [1.29, 1.82) is 5.41 Å². The van der Waals surface area contributed by atoms with Gasteiger partial charge in [-0.1, -0.05) is 0 Å². The van der Waals surface area contributed by atoms with Gasteiger partial charge in [0.25, 0.3) is 0 Å². The summed E-state index contributed by atoms with van der Waals surface area (Å²) in [5, 5.41) is 20.4. The molecule has 0 heterocycles. The van der Waals surface area contributed by atoms with E-state index in [0.717, 1.165) is 0 Å². The topological polar surface area (TPSA) is 123 Å². The summed E-state index contributed by atoms with van der Waals surface area (Å²) < 4.78 is 0. The molecule has 2 atom stereocenters. The van der Waals surface area contributed by atoms with Gasteiger partial charge in [0.15, 0.2) is 5.96 Å². The second-order valence-corrected chi connectivity index (χ2v) is 3.87. The van der Waals surface area contributed by atoms with Crippen LogP contribution in [-0.2, 0) is 14.4 Å². The predicted octanol–water partition coefficient (Wildman–Crippen LogP) is -1.03. The zero-order valence-corrected chi connectivity index (χ0v) is 10.8. The Morgan fingerprint density at radius 2 is 1.78 bits per heavy atom. The Kier molecular flexibility index (Phi) is 5.80. The largest absolute Gasteiger partial charge is 0.480 e. The van der Waals surface area contributed by atoms with Crippen LogP contribution in [0.1, 0.15) is 20.8 Å². The smallest absolute Gasteiger partial charge is 0.325 e. The number of hydrogen-bond donors (Lipinski definition) is 4. The van der Waals surface area contributed by atoms with Crippen molar-refractivity contribution in [2.45, 2.75) is 32.9 Å². The molecule has 0 fully saturated rings. The van der Waals surface area contributed by atoms with Crippen LogP contribution in [0.15, 0.2) is 0 Å². The van der Waals surface area contributed by atoms with E-state index in [9.17, 15) is 14.4 Å². The summed E-state index contributed by atoms with van der Waals surface area (Å²) in [4.78, 5) is 34.4. The normalized spacial score (nSPS) is 13.1. The maximum Gasteiger partial charge on any atom is 0.325 e. The second-order valence-electron chi connectivity index (χ2n) is 3.87. The summed E-state index contributed by atoms with van der Waals surface area (Å²) in [6.07, 6.45) is 0. The zero-order valence-electron chi connectivity index (χ0n) is 10.8. The number of likely N-dealkylation sites (N-methyl/N-ethyl adjacent to an activating group) is 1. The minimum Gasteiger partial charge on any atom is -0.480 e. The van der Waals surface area contributed by atoms with E-state index >= 15 is 0 Å². The minimum atomic E-state index is -1.14. The van der Waals surface area contributed by atoms with E-state index in [1.807, 2.05) is 0 Å². The van der Waals surface area contributed by atoms with Gasteiger partial charge in [0.05, 0.1) is 0 Å². The lowest BCUT2D eigenvalue weighted by molar-refractivity contribution is -0.138. The van der Waals surface area contributed by atoms with E-state index < -0.39 is 29.9 Å². The van der Waals surface area contributed by atoms with Gasteiger partial charge in [0, 0.05) is 14.0 Å². The van der Waals surface area contributed by atoms with E-state index in [0.29, 0.717) is 0 Å². The van der Waals surface area contributed by atoms with Gasteiger partial charge in [0.1, 0.15) is 12.1 Å². The van der Waals surface area contributed by atoms with E-state index in [2.05, 4.69) is 10.6 Å². The maximum absolute atomic E-state index is 11.6. The number of amides is 2. The first-order valence-corrected chi connectivity index (χ1v) is 5.29. The summed E-state index contributed by atoms with van der Waals surface area (Å²) in [5.41, 5.74) is 0. The van der Waals surface area contributed by atoms with Crippen LogP contribution in [0.2, 0.25) is 0 Å². The van der Waals surface area contributed by atoms with Crippen LogP contribution >= 0.6 is 0 Å². The van der Waals surface area contributed by atoms with E-state index in [1.165, 1.54) is 32.7 Å². The number of carbonyl (C=O) groups excluding carboxylic acids is 2. The molecule has 0 aliphatic heterocycles. The van der Waals surface area contributed by atoms with Gasteiger partial charge >= 0.3 is 5.97 Å². The fourth-order valence-electron chi connectivity index (χ4n) is 0.991. The molecule has 18 heavy (non-hydrogen) atoms. The Hall–Kier alpha value is -2.12. The quantitative estimate of drug-likeness (QED) is 0.379. The average molecular weight is 258 g/mol. The Morgan fingerprint density at radius 3 is 2.17 bits per heavy atom. The molecule has 0 aromatic rings. The number of carboxylic acid groups (broad SMARTS) is 1. The molecule has 0 spiro atoms. The fourth-order valence-corrected chi connectivity index (χ4v) is 0.991. The van der Waals surface area contributed by atoms with Gasteiger partial charge < -0.3 is 15.3 Å². The van der Waals surface area contributed by atoms with Gasteiger partial charge in [0.2, 0.25) is 11.8 Å². The first kappa shape index (κ1) is 15.9. The lowest BCUT2D eigenvalue weighted by atomic mass is 10.3.